The van der Waals surface area contributed by atoms with E-state index in [1.165, 1.54) is 17.7 Å². The molecule has 0 aromatic heterocycles. The second-order valence-corrected chi connectivity index (χ2v) is 6.36. The fourth-order valence-corrected chi connectivity index (χ4v) is 3.76. The first-order valence-corrected chi connectivity index (χ1v) is 8.46. The van der Waals surface area contributed by atoms with Crippen LogP contribution in [0, 0.1) is 11.6 Å². The summed E-state index contributed by atoms with van der Waals surface area (Å²) in [6.45, 7) is 2.56. The lowest BCUT2D eigenvalue weighted by Gasteiger charge is -2.30. The molecule has 0 saturated heterocycles. The van der Waals surface area contributed by atoms with Crippen molar-refractivity contribution in [1.29, 1.82) is 0 Å². The van der Waals surface area contributed by atoms with Gasteiger partial charge in [0.15, 0.2) is 0 Å². The van der Waals surface area contributed by atoms with Crippen LogP contribution in [0.1, 0.15) is 55.6 Å². The van der Waals surface area contributed by atoms with Gasteiger partial charge in [0.2, 0.25) is 0 Å². The van der Waals surface area contributed by atoms with E-state index in [2.05, 4.69) is 17.4 Å². The molecule has 2 aromatic rings. The molecule has 1 aliphatic carbocycles. The lowest BCUT2D eigenvalue weighted by Crippen LogP contribution is -2.16. The van der Waals surface area contributed by atoms with Gasteiger partial charge in [0.1, 0.15) is 11.6 Å². The minimum absolute atomic E-state index is 0.0374. The van der Waals surface area contributed by atoms with Crippen LogP contribution in [0.5, 0.6) is 0 Å². The van der Waals surface area contributed by atoms with Gasteiger partial charge in [-0.25, -0.2) is 8.78 Å². The lowest BCUT2D eigenvalue weighted by atomic mass is 9.75. The van der Waals surface area contributed by atoms with Crippen molar-refractivity contribution >= 4 is 5.69 Å². The van der Waals surface area contributed by atoms with Gasteiger partial charge < -0.3 is 5.32 Å². The zero-order chi connectivity index (χ0) is 16.2. The molecule has 0 amide bonds. The Morgan fingerprint density at radius 2 is 1.65 bits per heavy atom. The maximum atomic E-state index is 14.5. The molecule has 0 aliphatic heterocycles. The number of nitrogens with one attached hydrogen (secondary N) is 1. The Labute approximate surface area is 136 Å². The topological polar surface area (TPSA) is 12.0 Å². The zero-order valence-corrected chi connectivity index (χ0v) is 13.5. The highest BCUT2D eigenvalue weighted by Crippen LogP contribution is 2.43. The molecule has 2 unspecified atom stereocenters. The molecule has 3 heteroatoms. The van der Waals surface area contributed by atoms with Crippen LogP contribution in [-0.2, 0) is 0 Å². The molecule has 2 aromatic carbocycles. The van der Waals surface area contributed by atoms with Gasteiger partial charge in [0, 0.05) is 17.8 Å². The molecule has 1 nitrogen and oxygen atoms in total. The Bertz CT molecular complexity index is 631. The van der Waals surface area contributed by atoms with Gasteiger partial charge in [0.05, 0.1) is 0 Å². The molecule has 2 atom stereocenters. The monoisotopic (exact) mass is 315 g/mol. The minimum Gasteiger partial charge on any atom is -0.385 e. The summed E-state index contributed by atoms with van der Waals surface area (Å²) in [5.74, 6) is -0.480. The number of benzene rings is 2. The fourth-order valence-electron chi connectivity index (χ4n) is 3.76. The van der Waals surface area contributed by atoms with Gasteiger partial charge in [-0.3, -0.25) is 0 Å². The van der Waals surface area contributed by atoms with E-state index in [0.29, 0.717) is 18.2 Å². The number of hydrogen-bond acceptors (Lipinski definition) is 1. The van der Waals surface area contributed by atoms with Crippen molar-refractivity contribution in [2.24, 2.45) is 0 Å². The molecule has 1 aliphatic rings. The van der Waals surface area contributed by atoms with Crippen molar-refractivity contribution in [3.05, 3.63) is 65.2 Å². The Morgan fingerprint density at radius 1 is 1.00 bits per heavy atom. The van der Waals surface area contributed by atoms with E-state index in [4.69, 9.17) is 0 Å². The lowest BCUT2D eigenvalue weighted by molar-refractivity contribution is 0.374. The molecule has 1 fully saturated rings. The van der Waals surface area contributed by atoms with Crippen LogP contribution >= 0.6 is 0 Å². The van der Waals surface area contributed by atoms with Gasteiger partial charge in [-0.15, -0.1) is 0 Å². The summed E-state index contributed by atoms with van der Waals surface area (Å²) in [6.07, 6.45) is 3.79. The third-order valence-electron chi connectivity index (χ3n) is 4.81. The number of rotatable bonds is 4. The van der Waals surface area contributed by atoms with Crippen molar-refractivity contribution in [3.8, 4) is 0 Å². The highest BCUT2D eigenvalue weighted by Gasteiger charge is 2.28. The number of hydrogen-bond donors (Lipinski definition) is 1. The second kappa shape index (κ2) is 7.12. The summed E-state index contributed by atoms with van der Waals surface area (Å²) < 4.78 is 28.9. The summed E-state index contributed by atoms with van der Waals surface area (Å²) in [5, 5.41) is 2.97. The molecule has 0 bridgehead atoms. The van der Waals surface area contributed by atoms with Crippen LogP contribution in [0.25, 0.3) is 0 Å². The SMILES string of the molecule is CCNc1cc(F)c(C2CCCC(c3ccccc3)C2)c(F)c1. The third kappa shape index (κ3) is 3.54. The molecule has 0 heterocycles. The summed E-state index contributed by atoms with van der Waals surface area (Å²) in [4.78, 5) is 0. The van der Waals surface area contributed by atoms with E-state index >= 15 is 0 Å². The third-order valence-corrected chi connectivity index (χ3v) is 4.81. The average molecular weight is 315 g/mol. The molecule has 0 radical (unpaired) electrons. The number of anilines is 1. The quantitative estimate of drug-likeness (QED) is 0.747. The Kier molecular flexibility index (Phi) is 4.94. The van der Waals surface area contributed by atoms with Gasteiger partial charge >= 0.3 is 0 Å². The first-order chi connectivity index (χ1) is 11.2. The van der Waals surface area contributed by atoms with Crippen LogP contribution in [0.15, 0.2) is 42.5 Å². The molecule has 23 heavy (non-hydrogen) atoms. The van der Waals surface area contributed by atoms with Gasteiger partial charge in [0.25, 0.3) is 0 Å². The zero-order valence-electron chi connectivity index (χ0n) is 13.5. The summed E-state index contributed by atoms with van der Waals surface area (Å²) in [7, 11) is 0. The van der Waals surface area contributed by atoms with Crippen LogP contribution in [0.4, 0.5) is 14.5 Å². The average Bonchev–Trinajstić information content (AvgIpc) is 2.56. The van der Waals surface area contributed by atoms with E-state index in [1.54, 1.807) is 0 Å². The molecule has 122 valence electrons. The maximum Gasteiger partial charge on any atom is 0.131 e. The largest absolute Gasteiger partial charge is 0.385 e. The van der Waals surface area contributed by atoms with Gasteiger partial charge in [-0.2, -0.15) is 0 Å². The van der Waals surface area contributed by atoms with Gasteiger partial charge in [-0.05, 0) is 55.7 Å². The van der Waals surface area contributed by atoms with E-state index in [1.807, 2.05) is 25.1 Å². The van der Waals surface area contributed by atoms with E-state index in [0.717, 1.165) is 25.7 Å². The normalized spacial score (nSPS) is 21.2. The van der Waals surface area contributed by atoms with Crippen molar-refractivity contribution in [2.45, 2.75) is 44.4 Å². The smallest absolute Gasteiger partial charge is 0.131 e. The van der Waals surface area contributed by atoms with Crippen LogP contribution < -0.4 is 5.32 Å². The predicted molar refractivity (Wildman–Crippen MR) is 90.9 cm³/mol. The van der Waals surface area contributed by atoms with Crippen molar-refractivity contribution in [2.75, 3.05) is 11.9 Å². The van der Waals surface area contributed by atoms with E-state index in [-0.39, 0.29) is 11.5 Å². The van der Waals surface area contributed by atoms with Crippen LogP contribution in [0.3, 0.4) is 0 Å². The number of halogens is 2. The van der Waals surface area contributed by atoms with Gasteiger partial charge in [-0.1, -0.05) is 36.8 Å². The maximum absolute atomic E-state index is 14.5. The van der Waals surface area contributed by atoms with E-state index < -0.39 is 11.6 Å². The summed E-state index contributed by atoms with van der Waals surface area (Å²) in [5.41, 5.74) is 2.07. The van der Waals surface area contributed by atoms with Crippen molar-refractivity contribution < 1.29 is 8.78 Å². The highest BCUT2D eigenvalue weighted by molar-refractivity contribution is 5.47. The molecule has 0 spiro atoms. The van der Waals surface area contributed by atoms with E-state index in [9.17, 15) is 8.78 Å². The Morgan fingerprint density at radius 3 is 2.30 bits per heavy atom. The molecule has 1 saturated carbocycles. The van der Waals surface area contributed by atoms with Crippen LogP contribution in [0.2, 0.25) is 0 Å². The molecule has 3 rings (SSSR count). The fraction of sp³-hybridized carbons (Fsp3) is 0.400. The van der Waals surface area contributed by atoms with Crippen molar-refractivity contribution in [1.82, 2.24) is 0 Å². The molecule has 1 N–H and O–H groups in total. The molecular formula is C20H23F2N. The highest BCUT2D eigenvalue weighted by atomic mass is 19.1. The minimum atomic E-state index is -0.417. The predicted octanol–water partition coefficient (Wildman–Crippen LogP) is 5.84. The first-order valence-electron chi connectivity index (χ1n) is 8.46. The standard InChI is InChI=1S/C20H23F2N/c1-2-23-17-12-18(21)20(19(22)13-17)16-10-6-9-15(11-16)14-7-4-3-5-8-14/h3-5,7-8,12-13,15-16,23H,2,6,9-11H2,1H3. The van der Waals surface area contributed by atoms with Crippen molar-refractivity contribution in [3.63, 3.8) is 0 Å². The summed E-state index contributed by atoms with van der Waals surface area (Å²) in [6, 6.07) is 13.2. The molecular weight excluding hydrogens is 292 g/mol. The van der Waals surface area contributed by atoms with Crippen LogP contribution in [-0.4, -0.2) is 6.54 Å². The Hall–Kier alpha value is -1.90. The summed E-state index contributed by atoms with van der Waals surface area (Å²) >= 11 is 0. The second-order valence-electron chi connectivity index (χ2n) is 6.36. The first kappa shape index (κ1) is 16.0. The Balaban J connectivity index is 1.84.